The van der Waals surface area contributed by atoms with Gasteiger partial charge in [-0.25, -0.2) is 0 Å². The smallest absolute Gasteiger partial charge is 0.325 e. The molecule has 0 spiro atoms. The summed E-state index contributed by atoms with van der Waals surface area (Å²) in [5.41, 5.74) is 1.80. The van der Waals surface area contributed by atoms with Crippen molar-refractivity contribution in [1.29, 1.82) is 0 Å². The lowest BCUT2D eigenvalue weighted by molar-refractivity contribution is -0.143. The summed E-state index contributed by atoms with van der Waals surface area (Å²) in [7, 11) is 1.81. The van der Waals surface area contributed by atoms with Crippen LogP contribution in [-0.4, -0.2) is 23.0 Å². The maximum absolute atomic E-state index is 11.5. The minimum Gasteiger partial charge on any atom is -0.480 e. The van der Waals surface area contributed by atoms with E-state index in [9.17, 15) is 9.90 Å². The Bertz CT molecular complexity index is 569. The van der Waals surface area contributed by atoms with E-state index in [0.29, 0.717) is 11.6 Å². The fraction of sp³-hybridized carbons (Fsp3) is 0.188. The molecule has 2 aromatic carbocycles. The molecule has 1 atom stereocenters. The van der Waals surface area contributed by atoms with E-state index in [1.54, 1.807) is 36.2 Å². The molecule has 0 aliphatic rings. The molecule has 0 radical (unpaired) electrons. The zero-order valence-electron chi connectivity index (χ0n) is 11.2. The third-order valence-electron chi connectivity index (χ3n) is 3.14. The largest absolute Gasteiger partial charge is 0.480 e. The number of benzene rings is 2. The molecule has 0 aliphatic heterocycles. The van der Waals surface area contributed by atoms with Gasteiger partial charge in [0, 0.05) is 11.6 Å². The Morgan fingerprint density at radius 2 is 1.75 bits per heavy atom. The number of halogens is 1. The zero-order valence-corrected chi connectivity index (χ0v) is 11.9. The Labute approximate surface area is 123 Å². The third-order valence-corrected chi connectivity index (χ3v) is 3.39. The van der Waals surface area contributed by atoms with Gasteiger partial charge >= 0.3 is 5.97 Å². The van der Waals surface area contributed by atoms with Crippen LogP contribution >= 0.6 is 11.6 Å². The predicted octanol–water partition coefficient (Wildman–Crippen LogP) is 3.60. The summed E-state index contributed by atoms with van der Waals surface area (Å²) in [6.45, 7) is 0.570. The van der Waals surface area contributed by atoms with Gasteiger partial charge in [0.05, 0.1) is 0 Å². The fourth-order valence-corrected chi connectivity index (χ4v) is 2.32. The lowest BCUT2D eigenvalue weighted by Crippen LogP contribution is -2.30. The number of carboxylic acids is 1. The molecule has 0 aromatic heterocycles. The molecule has 0 aliphatic carbocycles. The molecular formula is C16H16ClNO2. The normalized spacial score (nSPS) is 12.3. The second-order valence-electron chi connectivity index (χ2n) is 4.69. The molecule has 0 bridgehead atoms. The minimum absolute atomic E-state index is 0.570. The Morgan fingerprint density at radius 3 is 2.30 bits per heavy atom. The summed E-state index contributed by atoms with van der Waals surface area (Å²) in [5.74, 6) is -0.870. The van der Waals surface area contributed by atoms with Crippen LogP contribution in [0.2, 0.25) is 5.02 Å². The molecule has 3 nitrogen and oxygen atoms in total. The van der Waals surface area contributed by atoms with Gasteiger partial charge in [-0.1, -0.05) is 54.1 Å². The number of rotatable bonds is 5. The van der Waals surface area contributed by atoms with E-state index in [1.807, 2.05) is 30.3 Å². The van der Waals surface area contributed by atoms with Crippen LogP contribution in [0.15, 0.2) is 54.6 Å². The van der Waals surface area contributed by atoms with Crippen molar-refractivity contribution in [2.45, 2.75) is 12.6 Å². The van der Waals surface area contributed by atoms with Crippen LogP contribution in [0, 0.1) is 0 Å². The molecule has 20 heavy (non-hydrogen) atoms. The van der Waals surface area contributed by atoms with E-state index in [4.69, 9.17) is 11.6 Å². The maximum atomic E-state index is 11.5. The first-order valence-corrected chi connectivity index (χ1v) is 6.68. The van der Waals surface area contributed by atoms with E-state index in [-0.39, 0.29) is 0 Å². The minimum atomic E-state index is -0.870. The van der Waals surface area contributed by atoms with Crippen LogP contribution in [0.1, 0.15) is 17.2 Å². The average molecular weight is 290 g/mol. The van der Waals surface area contributed by atoms with E-state index in [0.717, 1.165) is 11.1 Å². The molecule has 2 aromatic rings. The fourth-order valence-electron chi connectivity index (χ4n) is 2.19. The number of hydrogen-bond donors (Lipinski definition) is 1. The van der Waals surface area contributed by atoms with Crippen LogP contribution in [0.25, 0.3) is 0 Å². The van der Waals surface area contributed by atoms with Crippen LogP contribution in [0.4, 0.5) is 0 Å². The summed E-state index contributed by atoms with van der Waals surface area (Å²) in [5, 5.41) is 10.1. The van der Waals surface area contributed by atoms with Crippen molar-refractivity contribution in [3.8, 4) is 0 Å². The highest BCUT2D eigenvalue weighted by molar-refractivity contribution is 6.30. The highest BCUT2D eigenvalue weighted by atomic mass is 35.5. The monoisotopic (exact) mass is 289 g/mol. The number of likely N-dealkylation sites (N-methyl/N-ethyl adjacent to an activating group) is 1. The highest BCUT2D eigenvalue weighted by Gasteiger charge is 2.24. The van der Waals surface area contributed by atoms with Gasteiger partial charge in [0.2, 0.25) is 0 Å². The van der Waals surface area contributed by atoms with Gasteiger partial charge in [-0.15, -0.1) is 0 Å². The standard InChI is InChI=1S/C16H16ClNO2/c1-18(11-12-5-3-2-4-6-12)15(16(19)20)13-7-9-14(17)10-8-13/h2-10,15H,11H2,1H3,(H,19,20)/t15-/m0/s1. The summed E-state index contributed by atoms with van der Waals surface area (Å²) >= 11 is 5.84. The molecule has 4 heteroatoms. The van der Waals surface area contributed by atoms with Crippen molar-refractivity contribution < 1.29 is 9.90 Å². The zero-order chi connectivity index (χ0) is 14.5. The third kappa shape index (κ3) is 3.59. The summed E-state index contributed by atoms with van der Waals surface area (Å²) in [6, 6.07) is 16.0. The van der Waals surface area contributed by atoms with E-state index >= 15 is 0 Å². The van der Waals surface area contributed by atoms with Gasteiger partial charge in [-0.2, -0.15) is 0 Å². The van der Waals surface area contributed by atoms with E-state index in [2.05, 4.69) is 0 Å². The maximum Gasteiger partial charge on any atom is 0.325 e. The molecule has 1 N–H and O–H groups in total. The van der Waals surface area contributed by atoms with Crippen molar-refractivity contribution in [3.63, 3.8) is 0 Å². The molecule has 0 unspecified atom stereocenters. The van der Waals surface area contributed by atoms with Gasteiger partial charge in [0.15, 0.2) is 0 Å². The summed E-state index contributed by atoms with van der Waals surface area (Å²) in [6.07, 6.45) is 0. The number of carbonyl (C=O) groups is 1. The van der Waals surface area contributed by atoms with Crippen molar-refractivity contribution in [1.82, 2.24) is 4.90 Å². The number of aliphatic carboxylic acids is 1. The SMILES string of the molecule is CN(Cc1ccccc1)[C@H](C(=O)O)c1ccc(Cl)cc1. The quantitative estimate of drug-likeness (QED) is 0.914. The van der Waals surface area contributed by atoms with Gasteiger partial charge in [0.25, 0.3) is 0 Å². The molecule has 104 valence electrons. The highest BCUT2D eigenvalue weighted by Crippen LogP contribution is 2.23. The molecule has 0 amide bonds. The topological polar surface area (TPSA) is 40.5 Å². The lowest BCUT2D eigenvalue weighted by atomic mass is 10.1. The first kappa shape index (κ1) is 14.6. The van der Waals surface area contributed by atoms with Gasteiger partial charge in [-0.3, -0.25) is 9.69 Å². The summed E-state index contributed by atoms with van der Waals surface area (Å²) < 4.78 is 0. The second kappa shape index (κ2) is 6.55. The lowest BCUT2D eigenvalue weighted by Gasteiger charge is -2.25. The van der Waals surface area contributed by atoms with Crippen molar-refractivity contribution in [3.05, 3.63) is 70.7 Å². The Balaban J connectivity index is 2.20. The van der Waals surface area contributed by atoms with Crippen molar-refractivity contribution >= 4 is 17.6 Å². The predicted molar refractivity (Wildman–Crippen MR) is 79.7 cm³/mol. The first-order valence-electron chi connectivity index (χ1n) is 6.30. The molecule has 2 rings (SSSR count). The number of carboxylic acid groups (broad SMARTS) is 1. The Hall–Kier alpha value is -1.84. The molecule has 0 heterocycles. The summed E-state index contributed by atoms with van der Waals surface area (Å²) in [4.78, 5) is 13.3. The first-order chi connectivity index (χ1) is 9.58. The Kier molecular flexibility index (Phi) is 4.77. The number of hydrogen-bond acceptors (Lipinski definition) is 2. The van der Waals surface area contributed by atoms with E-state index in [1.165, 1.54) is 0 Å². The Morgan fingerprint density at radius 1 is 1.15 bits per heavy atom. The van der Waals surface area contributed by atoms with Gasteiger partial charge < -0.3 is 5.11 Å². The number of nitrogens with zero attached hydrogens (tertiary/aromatic N) is 1. The van der Waals surface area contributed by atoms with Crippen molar-refractivity contribution in [2.75, 3.05) is 7.05 Å². The van der Waals surface area contributed by atoms with Crippen LogP contribution in [0.5, 0.6) is 0 Å². The van der Waals surface area contributed by atoms with Crippen LogP contribution < -0.4 is 0 Å². The molecule has 0 saturated carbocycles. The van der Waals surface area contributed by atoms with Crippen LogP contribution in [0.3, 0.4) is 0 Å². The van der Waals surface area contributed by atoms with E-state index < -0.39 is 12.0 Å². The van der Waals surface area contributed by atoms with Gasteiger partial charge in [-0.05, 0) is 30.3 Å². The van der Waals surface area contributed by atoms with Crippen molar-refractivity contribution in [2.24, 2.45) is 0 Å². The van der Waals surface area contributed by atoms with Crippen LogP contribution in [-0.2, 0) is 11.3 Å². The molecule has 0 fully saturated rings. The molecular weight excluding hydrogens is 274 g/mol. The van der Waals surface area contributed by atoms with Gasteiger partial charge in [0.1, 0.15) is 6.04 Å². The molecule has 0 saturated heterocycles. The second-order valence-corrected chi connectivity index (χ2v) is 5.13. The average Bonchev–Trinajstić information content (AvgIpc) is 2.42.